The third kappa shape index (κ3) is 4.48. The van der Waals surface area contributed by atoms with E-state index in [2.05, 4.69) is 4.98 Å². The molecule has 1 aliphatic carbocycles. The number of alkyl halides is 3. The molecule has 156 valence electrons. The molecule has 30 heavy (non-hydrogen) atoms. The summed E-state index contributed by atoms with van der Waals surface area (Å²) >= 11 is 1.51. The van der Waals surface area contributed by atoms with E-state index >= 15 is 0 Å². The minimum Gasteiger partial charge on any atom is -0.493 e. The smallest absolute Gasteiger partial charge is 0.416 e. The molecule has 0 amide bonds. The summed E-state index contributed by atoms with van der Waals surface area (Å²) in [4.78, 5) is 16.7. The van der Waals surface area contributed by atoms with Crippen molar-refractivity contribution >= 4 is 17.3 Å². The lowest BCUT2D eigenvalue weighted by molar-refractivity contribution is -0.138. The molecule has 4 rings (SSSR count). The van der Waals surface area contributed by atoms with Gasteiger partial charge in [-0.15, -0.1) is 11.3 Å². The van der Waals surface area contributed by atoms with E-state index in [0.29, 0.717) is 28.5 Å². The summed E-state index contributed by atoms with van der Waals surface area (Å²) in [5, 5.41) is 9.63. The van der Waals surface area contributed by atoms with Crippen molar-refractivity contribution in [2.45, 2.75) is 31.4 Å². The lowest BCUT2D eigenvalue weighted by atomic mass is 10.1. The zero-order valence-electron chi connectivity index (χ0n) is 15.8. The molecule has 0 saturated heterocycles. The Hall–Kier alpha value is -2.87. The van der Waals surface area contributed by atoms with Gasteiger partial charge in [0.15, 0.2) is 0 Å². The van der Waals surface area contributed by atoms with Crippen LogP contribution >= 0.6 is 11.3 Å². The number of aliphatic carboxylic acids is 1. The molecule has 0 saturated carbocycles. The third-order valence-electron chi connectivity index (χ3n) is 5.00. The van der Waals surface area contributed by atoms with Crippen molar-refractivity contribution in [3.05, 3.63) is 70.2 Å². The molecule has 2 aromatic carbocycles. The number of hydrogen-bond acceptors (Lipinski definition) is 4. The molecule has 3 aromatic rings. The van der Waals surface area contributed by atoms with Crippen LogP contribution in [0.2, 0.25) is 0 Å². The van der Waals surface area contributed by atoms with Crippen molar-refractivity contribution in [1.29, 1.82) is 0 Å². The Morgan fingerprint density at radius 3 is 2.67 bits per heavy atom. The molecule has 1 aliphatic rings. The van der Waals surface area contributed by atoms with Crippen LogP contribution in [0.15, 0.2) is 48.5 Å². The second-order valence-electron chi connectivity index (χ2n) is 7.17. The maximum atomic E-state index is 12.8. The van der Waals surface area contributed by atoms with E-state index in [4.69, 9.17) is 9.84 Å². The van der Waals surface area contributed by atoms with E-state index < -0.39 is 17.7 Å². The molecule has 1 N–H and O–H groups in total. The number of rotatable bonds is 6. The van der Waals surface area contributed by atoms with Gasteiger partial charge >= 0.3 is 12.1 Å². The number of carbonyl (C=O) groups is 1. The molecule has 0 unspecified atom stereocenters. The van der Waals surface area contributed by atoms with Gasteiger partial charge in [0.25, 0.3) is 0 Å². The van der Waals surface area contributed by atoms with E-state index in [-0.39, 0.29) is 12.3 Å². The Balaban J connectivity index is 1.45. The van der Waals surface area contributed by atoms with Gasteiger partial charge in [-0.3, -0.25) is 4.79 Å². The number of thiazole rings is 1. The Labute approximate surface area is 175 Å². The van der Waals surface area contributed by atoms with Gasteiger partial charge in [-0.1, -0.05) is 24.3 Å². The maximum Gasteiger partial charge on any atom is 0.416 e. The van der Waals surface area contributed by atoms with Crippen LogP contribution < -0.4 is 4.74 Å². The Morgan fingerprint density at radius 1 is 1.20 bits per heavy atom. The quantitative estimate of drug-likeness (QED) is 0.553. The molecule has 0 fully saturated rings. The maximum absolute atomic E-state index is 12.8. The van der Waals surface area contributed by atoms with Crippen LogP contribution in [0.4, 0.5) is 13.2 Å². The largest absolute Gasteiger partial charge is 0.493 e. The molecular weight excluding hydrogens is 415 g/mol. The number of aryl methyl sites for hydroxylation is 1. The molecule has 0 bridgehead atoms. The minimum atomic E-state index is -4.35. The number of carboxylic acid groups (broad SMARTS) is 1. The van der Waals surface area contributed by atoms with Crippen LogP contribution in [0, 0.1) is 0 Å². The summed E-state index contributed by atoms with van der Waals surface area (Å²) in [6.45, 7) is 0.416. The summed E-state index contributed by atoms with van der Waals surface area (Å²) in [5.74, 6) is -0.186. The molecule has 4 nitrogen and oxygen atoms in total. The third-order valence-corrected chi connectivity index (χ3v) is 6.18. The molecule has 0 spiro atoms. The van der Waals surface area contributed by atoms with Crippen LogP contribution in [0.1, 0.15) is 34.0 Å². The number of benzene rings is 2. The Kier molecular flexibility index (Phi) is 5.51. The Bertz CT molecular complexity index is 1060. The number of carboxylic acids is 1. The van der Waals surface area contributed by atoms with Gasteiger partial charge in [0, 0.05) is 16.4 Å². The topological polar surface area (TPSA) is 59.4 Å². The second-order valence-corrected chi connectivity index (χ2v) is 8.25. The molecule has 0 aliphatic heterocycles. The van der Waals surface area contributed by atoms with Crippen molar-refractivity contribution < 1.29 is 27.8 Å². The number of ether oxygens (including phenoxy) is 1. The van der Waals surface area contributed by atoms with Gasteiger partial charge < -0.3 is 9.84 Å². The SMILES string of the molecule is O=C(O)Cc1cccc(OC[C@H]2CCc3sc(-c4ccc(C(F)(F)F)cc4)nc32)c1. The van der Waals surface area contributed by atoms with Gasteiger partial charge in [0.2, 0.25) is 0 Å². The second kappa shape index (κ2) is 8.10. The van der Waals surface area contributed by atoms with Crippen LogP contribution in [-0.4, -0.2) is 22.7 Å². The van der Waals surface area contributed by atoms with Crippen LogP contribution in [0.25, 0.3) is 10.6 Å². The summed E-state index contributed by atoms with van der Waals surface area (Å²) in [6.07, 6.45) is -2.66. The predicted octanol–water partition coefficient (Wildman–Crippen LogP) is 5.56. The van der Waals surface area contributed by atoms with Crippen LogP contribution in [0.3, 0.4) is 0 Å². The molecule has 1 aromatic heterocycles. The van der Waals surface area contributed by atoms with Crippen molar-refractivity contribution in [1.82, 2.24) is 4.98 Å². The van der Waals surface area contributed by atoms with E-state index in [1.807, 2.05) is 0 Å². The average molecular weight is 433 g/mol. The predicted molar refractivity (Wildman–Crippen MR) is 107 cm³/mol. The van der Waals surface area contributed by atoms with Crippen molar-refractivity contribution in [2.75, 3.05) is 6.61 Å². The molecule has 8 heteroatoms. The number of aromatic nitrogens is 1. The van der Waals surface area contributed by atoms with E-state index in [1.54, 1.807) is 24.3 Å². The first kappa shape index (κ1) is 20.4. The van der Waals surface area contributed by atoms with Crippen LogP contribution in [0.5, 0.6) is 5.75 Å². The zero-order chi connectivity index (χ0) is 21.3. The monoisotopic (exact) mass is 433 g/mol. The number of fused-ring (bicyclic) bond motifs is 1. The fourth-order valence-corrected chi connectivity index (χ4v) is 4.68. The van der Waals surface area contributed by atoms with E-state index in [0.717, 1.165) is 35.5 Å². The van der Waals surface area contributed by atoms with Gasteiger partial charge in [0.05, 0.1) is 24.3 Å². The summed E-state index contributed by atoms with van der Waals surface area (Å²) in [7, 11) is 0. The standard InChI is InChI=1S/C22H18F3NO3S/c23-22(24,25)16-7-4-14(5-8-16)21-26-20-15(6-9-18(20)30-21)12-29-17-3-1-2-13(10-17)11-19(27)28/h1-5,7-8,10,15H,6,9,11-12H2,(H,27,28)/t15-/m1/s1. The highest BCUT2D eigenvalue weighted by atomic mass is 32.1. The molecule has 1 atom stereocenters. The average Bonchev–Trinajstić information content (AvgIpc) is 3.27. The highest BCUT2D eigenvalue weighted by Crippen LogP contribution is 2.40. The summed E-state index contributed by atoms with van der Waals surface area (Å²) in [5.41, 5.74) is 1.61. The lowest BCUT2D eigenvalue weighted by Gasteiger charge is -2.12. The summed E-state index contributed by atoms with van der Waals surface area (Å²) < 4.78 is 44.2. The van der Waals surface area contributed by atoms with Crippen molar-refractivity contribution in [3.8, 4) is 16.3 Å². The minimum absolute atomic E-state index is 0.0622. The first-order valence-corrected chi connectivity index (χ1v) is 10.2. The fraction of sp³-hybridized carbons (Fsp3) is 0.273. The highest BCUT2D eigenvalue weighted by molar-refractivity contribution is 7.15. The van der Waals surface area contributed by atoms with Gasteiger partial charge in [-0.25, -0.2) is 4.98 Å². The van der Waals surface area contributed by atoms with E-state index in [1.165, 1.54) is 23.5 Å². The zero-order valence-corrected chi connectivity index (χ0v) is 16.6. The number of halogens is 3. The van der Waals surface area contributed by atoms with Gasteiger partial charge in [0.1, 0.15) is 10.8 Å². The van der Waals surface area contributed by atoms with Crippen molar-refractivity contribution in [3.63, 3.8) is 0 Å². The fourth-order valence-electron chi connectivity index (χ4n) is 3.51. The molecule has 0 radical (unpaired) electrons. The normalized spacial score (nSPS) is 15.8. The molecular formula is C22H18F3NO3S. The Morgan fingerprint density at radius 2 is 1.97 bits per heavy atom. The molecule has 1 heterocycles. The first-order valence-electron chi connectivity index (χ1n) is 9.40. The lowest BCUT2D eigenvalue weighted by Crippen LogP contribution is -2.09. The first-order chi connectivity index (χ1) is 14.3. The van der Waals surface area contributed by atoms with Crippen molar-refractivity contribution in [2.24, 2.45) is 0 Å². The summed E-state index contributed by atoms with van der Waals surface area (Å²) in [6, 6.07) is 12.1. The van der Waals surface area contributed by atoms with Crippen LogP contribution in [-0.2, 0) is 23.8 Å². The van der Waals surface area contributed by atoms with Gasteiger partial charge in [-0.2, -0.15) is 13.2 Å². The highest BCUT2D eigenvalue weighted by Gasteiger charge is 2.31. The van der Waals surface area contributed by atoms with Gasteiger partial charge in [-0.05, 0) is 42.7 Å². The van der Waals surface area contributed by atoms with E-state index in [9.17, 15) is 18.0 Å². The number of hydrogen-bond donors (Lipinski definition) is 1. The number of nitrogens with zero attached hydrogens (tertiary/aromatic N) is 1.